The van der Waals surface area contributed by atoms with Crippen molar-refractivity contribution < 1.29 is 0 Å². The number of rotatable bonds is 5. The first-order valence-corrected chi connectivity index (χ1v) is 6.11. The Labute approximate surface area is 103 Å². The van der Waals surface area contributed by atoms with Crippen LogP contribution in [0.15, 0.2) is 48.5 Å². The van der Waals surface area contributed by atoms with Crippen molar-refractivity contribution in [3.05, 3.63) is 65.7 Å². The van der Waals surface area contributed by atoms with Crippen molar-refractivity contribution in [3.63, 3.8) is 0 Å². The lowest BCUT2D eigenvalue weighted by Gasteiger charge is -2.07. The van der Waals surface area contributed by atoms with Gasteiger partial charge in [-0.2, -0.15) is 0 Å². The summed E-state index contributed by atoms with van der Waals surface area (Å²) in [6.07, 6.45) is 2.29. The smallest absolute Gasteiger partial charge is 0.0340 e. The predicted molar refractivity (Wildman–Crippen MR) is 73.3 cm³/mol. The third-order valence-electron chi connectivity index (χ3n) is 2.93. The Morgan fingerprint density at radius 1 is 1.06 bits per heavy atom. The van der Waals surface area contributed by atoms with Gasteiger partial charge in [0.25, 0.3) is 0 Å². The van der Waals surface area contributed by atoms with E-state index in [-0.39, 0.29) is 0 Å². The van der Waals surface area contributed by atoms with Crippen molar-refractivity contribution in [1.29, 1.82) is 0 Å². The maximum absolute atomic E-state index is 3.41. The molecule has 2 aromatic rings. The Morgan fingerprint density at radius 3 is 2.59 bits per heavy atom. The highest BCUT2D eigenvalue weighted by molar-refractivity contribution is 5.42. The van der Waals surface area contributed by atoms with Gasteiger partial charge < -0.3 is 5.32 Å². The number of anilines is 1. The molecule has 87 valence electrons. The standard InChI is InChI=1S/C16H18N/c1-14-8-5-6-9-15(14)10-7-13-17-16-11-3-2-4-12-16/h3-6,8-9,11-12,17H,7,10,13H2,1H3. The topological polar surface area (TPSA) is 12.0 Å². The molecule has 0 amide bonds. The van der Waals surface area contributed by atoms with Gasteiger partial charge in [-0.15, -0.1) is 0 Å². The van der Waals surface area contributed by atoms with Gasteiger partial charge in [-0.25, -0.2) is 0 Å². The number of hydrogen-bond acceptors (Lipinski definition) is 1. The van der Waals surface area contributed by atoms with Gasteiger partial charge in [-0.1, -0.05) is 36.4 Å². The van der Waals surface area contributed by atoms with Crippen LogP contribution in [-0.2, 0) is 6.42 Å². The fraction of sp³-hybridized carbons (Fsp3) is 0.250. The Bertz CT molecular complexity index is 448. The Morgan fingerprint density at radius 2 is 1.82 bits per heavy atom. The molecular weight excluding hydrogens is 206 g/mol. The van der Waals surface area contributed by atoms with Gasteiger partial charge in [0, 0.05) is 12.2 Å². The number of nitrogens with one attached hydrogen (secondary N) is 1. The van der Waals surface area contributed by atoms with Crippen LogP contribution < -0.4 is 5.32 Å². The third-order valence-corrected chi connectivity index (χ3v) is 2.93. The zero-order valence-electron chi connectivity index (χ0n) is 10.2. The molecule has 0 aliphatic heterocycles. The van der Waals surface area contributed by atoms with E-state index in [0.29, 0.717) is 0 Å². The molecule has 0 saturated heterocycles. The fourth-order valence-electron chi connectivity index (χ4n) is 1.91. The summed E-state index contributed by atoms with van der Waals surface area (Å²) in [5, 5.41) is 3.41. The van der Waals surface area contributed by atoms with Crippen molar-refractivity contribution in [2.24, 2.45) is 0 Å². The molecule has 0 aliphatic carbocycles. The van der Waals surface area contributed by atoms with Crippen LogP contribution in [0.1, 0.15) is 17.5 Å². The second-order valence-electron chi connectivity index (χ2n) is 4.25. The van der Waals surface area contributed by atoms with Crippen LogP contribution in [0.25, 0.3) is 0 Å². The van der Waals surface area contributed by atoms with Crippen LogP contribution in [0, 0.1) is 13.0 Å². The molecule has 1 radical (unpaired) electrons. The Kier molecular flexibility index (Phi) is 4.20. The van der Waals surface area contributed by atoms with Crippen LogP contribution in [0.3, 0.4) is 0 Å². The molecule has 17 heavy (non-hydrogen) atoms. The van der Waals surface area contributed by atoms with E-state index in [0.717, 1.165) is 19.4 Å². The molecule has 0 spiro atoms. The summed E-state index contributed by atoms with van der Waals surface area (Å²) < 4.78 is 0. The SMILES string of the molecule is Cc1ccccc1CCCNc1cc[c]cc1. The highest BCUT2D eigenvalue weighted by atomic mass is 14.9. The lowest BCUT2D eigenvalue weighted by atomic mass is 10.0. The van der Waals surface area contributed by atoms with Crippen molar-refractivity contribution in [3.8, 4) is 0 Å². The first-order valence-electron chi connectivity index (χ1n) is 6.11. The van der Waals surface area contributed by atoms with Crippen molar-refractivity contribution >= 4 is 5.69 Å². The molecule has 1 heteroatoms. The summed E-state index contributed by atoms with van der Waals surface area (Å²) in [6.45, 7) is 3.19. The summed E-state index contributed by atoms with van der Waals surface area (Å²) in [6, 6.07) is 19.6. The Balaban J connectivity index is 1.76. The first-order chi connectivity index (χ1) is 8.36. The monoisotopic (exact) mass is 224 g/mol. The van der Waals surface area contributed by atoms with E-state index in [1.165, 1.54) is 16.8 Å². The molecule has 0 bridgehead atoms. The largest absolute Gasteiger partial charge is 0.385 e. The second kappa shape index (κ2) is 6.09. The molecule has 0 aliphatic rings. The zero-order valence-corrected chi connectivity index (χ0v) is 10.2. The highest BCUT2D eigenvalue weighted by Crippen LogP contribution is 2.10. The summed E-state index contributed by atoms with van der Waals surface area (Å²) in [5.74, 6) is 0. The first kappa shape index (κ1) is 11.7. The molecular formula is C16H18N. The van der Waals surface area contributed by atoms with E-state index in [1.54, 1.807) is 0 Å². The average molecular weight is 224 g/mol. The van der Waals surface area contributed by atoms with Crippen LogP contribution in [-0.4, -0.2) is 6.54 Å². The van der Waals surface area contributed by atoms with Gasteiger partial charge >= 0.3 is 0 Å². The third kappa shape index (κ3) is 3.63. The van der Waals surface area contributed by atoms with Gasteiger partial charge in [0.1, 0.15) is 0 Å². The minimum atomic E-state index is 1.01. The average Bonchev–Trinajstić information content (AvgIpc) is 2.38. The normalized spacial score (nSPS) is 10.2. The molecule has 0 heterocycles. The van der Waals surface area contributed by atoms with E-state index in [1.807, 2.05) is 24.3 Å². The molecule has 2 aromatic carbocycles. The molecule has 0 atom stereocenters. The van der Waals surface area contributed by atoms with Gasteiger partial charge in [0.05, 0.1) is 0 Å². The maximum Gasteiger partial charge on any atom is 0.0340 e. The van der Waals surface area contributed by atoms with Crippen LogP contribution in [0.4, 0.5) is 5.69 Å². The fourth-order valence-corrected chi connectivity index (χ4v) is 1.91. The van der Waals surface area contributed by atoms with Gasteiger partial charge in [0.2, 0.25) is 0 Å². The number of aryl methyl sites for hydroxylation is 2. The van der Waals surface area contributed by atoms with Crippen LogP contribution in [0.5, 0.6) is 0 Å². The maximum atomic E-state index is 3.41. The lowest BCUT2D eigenvalue weighted by Crippen LogP contribution is -2.03. The van der Waals surface area contributed by atoms with Crippen LogP contribution >= 0.6 is 0 Å². The van der Waals surface area contributed by atoms with Crippen LogP contribution in [0.2, 0.25) is 0 Å². The molecule has 2 rings (SSSR count). The molecule has 0 saturated carbocycles. The second-order valence-corrected chi connectivity index (χ2v) is 4.25. The summed E-state index contributed by atoms with van der Waals surface area (Å²) in [4.78, 5) is 0. The molecule has 1 N–H and O–H groups in total. The quantitative estimate of drug-likeness (QED) is 0.761. The molecule has 0 fully saturated rings. The Hall–Kier alpha value is -1.76. The van der Waals surface area contributed by atoms with E-state index in [4.69, 9.17) is 0 Å². The summed E-state index contributed by atoms with van der Waals surface area (Å²) >= 11 is 0. The van der Waals surface area contributed by atoms with E-state index in [9.17, 15) is 0 Å². The van der Waals surface area contributed by atoms with Crippen molar-refractivity contribution in [1.82, 2.24) is 0 Å². The van der Waals surface area contributed by atoms with Crippen molar-refractivity contribution in [2.75, 3.05) is 11.9 Å². The van der Waals surface area contributed by atoms with E-state index in [2.05, 4.69) is 42.6 Å². The van der Waals surface area contributed by atoms with Gasteiger partial charge in [-0.05, 0) is 49.1 Å². The highest BCUT2D eigenvalue weighted by Gasteiger charge is 1.96. The molecule has 0 aromatic heterocycles. The van der Waals surface area contributed by atoms with Gasteiger partial charge in [0.15, 0.2) is 0 Å². The van der Waals surface area contributed by atoms with Crippen molar-refractivity contribution in [2.45, 2.75) is 19.8 Å². The number of hydrogen-bond donors (Lipinski definition) is 1. The minimum absolute atomic E-state index is 1.01. The zero-order chi connectivity index (χ0) is 11.9. The number of benzene rings is 2. The van der Waals surface area contributed by atoms with Gasteiger partial charge in [-0.3, -0.25) is 0 Å². The van der Waals surface area contributed by atoms with E-state index < -0.39 is 0 Å². The lowest BCUT2D eigenvalue weighted by molar-refractivity contribution is 0.857. The summed E-state index contributed by atoms with van der Waals surface area (Å²) in [5.41, 5.74) is 4.02. The molecule has 1 nitrogen and oxygen atoms in total. The summed E-state index contributed by atoms with van der Waals surface area (Å²) in [7, 11) is 0. The van der Waals surface area contributed by atoms with E-state index >= 15 is 0 Å². The minimum Gasteiger partial charge on any atom is -0.385 e. The predicted octanol–water partition coefficient (Wildman–Crippen LogP) is 3.84. The molecule has 0 unspecified atom stereocenters.